The van der Waals surface area contributed by atoms with Crippen molar-refractivity contribution in [1.82, 2.24) is 0 Å². The maximum atomic E-state index is 3.47. The van der Waals surface area contributed by atoms with Crippen LogP contribution in [0.1, 0.15) is 19.3 Å². The third-order valence-corrected chi connectivity index (χ3v) is 2.41. The first-order chi connectivity index (χ1) is 4.97. The average Bonchev–Trinajstić information content (AvgIpc) is 2.28. The zero-order valence-corrected chi connectivity index (χ0v) is 6.09. The molecule has 52 valence electrons. The molecule has 0 amide bonds. The van der Waals surface area contributed by atoms with Gasteiger partial charge in [-0.15, -0.1) is 0 Å². The van der Waals surface area contributed by atoms with E-state index in [2.05, 4.69) is 30.7 Å². The molecule has 0 N–H and O–H groups in total. The molecule has 2 aliphatic rings. The van der Waals surface area contributed by atoms with Crippen LogP contribution in [0.5, 0.6) is 0 Å². The molecule has 0 nitrogen and oxygen atoms in total. The Labute approximate surface area is 62.6 Å². The summed E-state index contributed by atoms with van der Waals surface area (Å²) >= 11 is 0. The molecule has 1 fully saturated rings. The van der Waals surface area contributed by atoms with Gasteiger partial charge in [0.2, 0.25) is 0 Å². The summed E-state index contributed by atoms with van der Waals surface area (Å²) in [5, 5.41) is 0. The topological polar surface area (TPSA) is 0 Å². The van der Waals surface area contributed by atoms with Crippen molar-refractivity contribution in [2.45, 2.75) is 19.3 Å². The minimum atomic E-state index is 0.662. The zero-order chi connectivity index (χ0) is 6.81. The highest BCUT2D eigenvalue weighted by molar-refractivity contribution is 5.14. The van der Waals surface area contributed by atoms with Crippen LogP contribution in [0.15, 0.2) is 24.3 Å². The summed E-state index contributed by atoms with van der Waals surface area (Å²) in [6, 6.07) is 0. The fourth-order valence-corrected chi connectivity index (χ4v) is 1.79. The Morgan fingerprint density at radius 3 is 3.30 bits per heavy atom. The van der Waals surface area contributed by atoms with E-state index in [1.807, 2.05) is 0 Å². The maximum absolute atomic E-state index is 3.47. The van der Waals surface area contributed by atoms with Gasteiger partial charge < -0.3 is 0 Å². The smallest absolute Gasteiger partial charge is 0.00958 e. The summed E-state index contributed by atoms with van der Waals surface area (Å²) in [6.07, 6.45) is 16.1. The predicted molar refractivity (Wildman–Crippen MR) is 42.4 cm³/mol. The Hall–Kier alpha value is -0.520. The van der Waals surface area contributed by atoms with Crippen molar-refractivity contribution in [1.29, 1.82) is 0 Å². The summed E-state index contributed by atoms with van der Waals surface area (Å²) in [5.41, 5.74) is 0. The van der Waals surface area contributed by atoms with E-state index in [9.17, 15) is 0 Å². The molecule has 0 aromatic heterocycles. The monoisotopic (exact) mass is 132 g/mol. The van der Waals surface area contributed by atoms with E-state index in [1.165, 1.54) is 19.3 Å². The van der Waals surface area contributed by atoms with E-state index < -0.39 is 0 Å². The summed E-state index contributed by atoms with van der Waals surface area (Å²) in [5.74, 6) is 1.53. The van der Waals surface area contributed by atoms with Gasteiger partial charge in [0.05, 0.1) is 0 Å². The molecule has 2 radical (unpaired) electrons. The Morgan fingerprint density at radius 2 is 2.30 bits per heavy atom. The van der Waals surface area contributed by atoms with Crippen molar-refractivity contribution in [3.8, 4) is 0 Å². The Kier molecular flexibility index (Phi) is 1.62. The molecule has 0 saturated heterocycles. The molecule has 2 rings (SSSR count). The fourth-order valence-electron chi connectivity index (χ4n) is 1.79. The van der Waals surface area contributed by atoms with Gasteiger partial charge in [-0.05, 0) is 37.5 Å². The van der Waals surface area contributed by atoms with Gasteiger partial charge in [0, 0.05) is 0 Å². The van der Waals surface area contributed by atoms with Crippen molar-refractivity contribution in [3.63, 3.8) is 0 Å². The van der Waals surface area contributed by atoms with Crippen LogP contribution in [0, 0.1) is 18.3 Å². The summed E-state index contributed by atoms with van der Waals surface area (Å²) in [6.45, 7) is 0. The summed E-state index contributed by atoms with van der Waals surface area (Å²) in [4.78, 5) is 0. The van der Waals surface area contributed by atoms with Crippen LogP contribution >= 0.6 is 0 Å². The molecule has 0 spiro atoms. The standard InChI is InChI=1S/C10H12/c1-2-5-9-7-4-8-10(9)6-3-1/h1-3,5,9-10H,4,6,8H2. The van der Waals surface area contributed by atoms with Gasteiger partial charge in [-0.1, -0.05) is 24.3 Å². The normalized spacial score (nSPS) is 37.6. The maximum Gasteiger partial charge on any atom is -0.00958 e. The van der Waals surface area contributed by atoms with Gasteiger partial charge in [-0.2, -0.15) is 0 Å². The SMILES string of the molecule is [C]1CCC2CC=CC=CC12. The molecule has 0 bridgehead atoms. The lowest BCUT2D eigenvalue weighted by Gasteiger charge is -2.10. The van der Waals surface area contributed by atoms with E-state index in [-0.39, 0.29) is 0 Å². The van der Waals surface area contributed by atoms with E-state index >= 15 is 0 Å². The number of hydrogen-bond donors (Lipinski definition) is 0. The van der Waals surface area contributed by atoms with Crippen molar-refractivity contribution in [3.05, 3.63) is 30.7 Å². The molecule has 0 aromatic carbocycles. The third kappa shape index (κ3) is 1.03. The van der Waals surface area contributed by atoms with Crippen molar-refractivity contribution < 1.29 is 0 Å². The molecular formula is C10H12. The number of hydrogen-bond acceptors (Lipinski definition) is 0. The highest BCUT2D eigenvalue weighted by atomic mass is 14.3. The summed E-state index contributed by atoms with van der Waals surface area (Å²) < 4.78 is 0. The second kappa shape index (κ2) is 2.61. The zero-order valence-electron chi connectivity index (χ0n) is 6.09. The Bertz CT molecular complexity index is 165. The predicted octanol–water partition coefficient (Wildman–Crippen LogP) is 2.61. The third-order valence-electron chi connectivity index (χ3n) is 2.41. The largest absolute Gasteiger partial charge is 0.0843 e. The first-order valence-electron chi connectivity index (χ1n) is 4.03. The average molecular weight is 132 g/mol. The first kappa shape index (κ1) is 6.21. The van der Waals surface area contributed by atoms with Crippen LogP contribution in [0.3, 0.4) is 0 Å². The molecule has 0 heterocycles. The highest BCUT2D eigenvalue weighted by Gasteiger charge is 2.24. The highest BCUT2D eigenvalue weighted by Crippen LogP contribution is 2.35. The molecular weight excluding hydrogens is 120 g/mol. The second-order valence-corrected chi connectivity index (χ2v) is 3.08. The van der Waals surface area contributed by atoms with Crippen LogP contribution in [0.2, 0.25) is 0 Å². The lowest BCUT2D eigenvalue weighted by atomic mass is 9.94. The molecule has 0 aromatic rings. The van der Waals surface area contributed by atoms with Crippen LogP contribution < -0.4 is 0 Å². The molecule has 10 heavy (non-hydrogen) atoms. The fraction of sp³-hybridized carbons (Fsp3) is 0.500. The van der Waals surface area contributed by atoms with Crippen LogP contribution in [0.25, 0.3) is 0 Å². The minimum Gasteiger partial charge on any atom is -0.0843 e. The van der Waals surface area contributed by atoms with E-state index in [0.717, 1.165) is 5.92 Å². The van der Waals surface area contributed by atoms with Crippen molar-refractivity contribution >= 4 is 0 Å². The molecule has 2 atom stereocenters. The van der Waals surface area contributed by atoms with Gasteiger partial charge in [0.25, 0.3) is 0 Å². The van der Waals surface area contributed by atoms with Gasteiger partial charge in [-0.25, -0.2) is 0 Å². The minimum absolute atomic E-state index is 0.662. The molecule has 0 aliphatic heterocycles. The van der Waals surface area contributed by atoms with E-state index in [0.29, 0.717) is 5.92 Å². The van der Waals surface area contributed by atoms with E-state index in [4.69, 9.17) is 0 Å². The van der Waals surface area contributed by atoms with Gasteiger partial charge >= 0.3 is 0 Å². The Morgan fingerprint density at radius 1 is 1.30 bits per heavy atom. The van der Waals surface area contributed by atoms with Crippen LogP contribution in [-0.4, -0.2) is 0 Å². The molecule has 1 saturated carbocycles. The van der Waals surface area contributed by atoms with Crippen LogP contribution in [0.4, 0.5) is 0 Å². The number of allylic oxidation sites excluding steroid dienone is 4. The number of fused-ring (bicyclic) bond motifs is 1. The van der Waals surface area contributed by atoms with Gasteiger partial charge in [0.1, 0.15) is 0 Å². The van der Waals surface area contributed by atoms with Gasteiger partial charge in [-0.3, -0.25) is 0 Å². The lowest BCUT2D eigenvalue weighted by Crippen LogP contribution is -2.02. The quantitative estimate of drug-likeness (QED) is 0.475. The lowest BCUT2D eigenvalue weighted by molar-refractivity contribution is 0.490. The van der Waals surface area contributed by atoms with E-state index in [1.54, 1.807) is 0 Å². The first-order valence-corrected chi connectivity index (χ1v) is 4.03. The number of rotatable bonds is 0. The van der Waals surface area contributed by atoms with Gasteiger partial charge in [0.15, 0.2) is 0 Å². The van der Waals surface area contributed by atoms with Crippen molar-refractivity contribution in [2.75, 3.05) is 0 Å². The Balaban J connectivity index is 2.12. The summed E-state index contributed by atoms with van der Waals surface area (Å²) in [7, 11) is 0. The van der Waals surface area contributed by atoms with Crippen LogP contribution in [-0.2, 0) is 0 Å². The second-order valence-electron chi connectivity index (χ2n) is 3.08. The van der Waals surface area contributed by atoms with Crippen molar-refractivity contribution in [2.24, 2.45) is 11.8 Å². The molecule has 0 heteroatoms. The molecule has 2 unspecified atom stereocenters. The molecule has 2 aliphatic carbocycles.